The maximum Gasteiger partial charge on any atom is 0.257 e. The molecule has 4 rings (SSSR count). The van der Waals surface area contributed by atoms with Crippen LogP contribution >= 0.6 is 0 Å². The lowest BCUT2D eigenvalue weighted by atomic mass is 9.76. The molecule has 1 amide bonds. The molecule has 5 nitrogen and oxygen atoms in total. The lowest BCUT2D eigenvalue weighted by Crippen LogP contribution is -2.44. The van der Waals surface area contributed by atoms with Crippen molar-refractivity contribution in [2.24, 2.45) is 11.3 Å². The van der Waals surface area contributed by atoms with Gasteiger partial charge in [0.15, 0.2) is 0 Å². The Bertz CT molecular complexity index is 559. The molecule has 0 radical (unpaired) electrons. The third-order valence-electron chi connectivity index (χ3n) is 6.12. The minimum atomic E-state index is 0.106. The first-order chi connectivity index (χ1) is 11.7. The van der Waals surface area contributed by atoms with Gasteiger partial charge in [0.05, 0.1) is 18.4 Å². The normalized spacial score (nSPS) is 27.0. The minimum absolute atomic E-state index is 0.106. The minimum Gasteiger partial charge on any atom is -0.472 e. The number of carbonyl (C=O) groups is 1. The largest absolute Gasteiger partial charge is 0.472 e. The number of likely N-dealkylation sites (tertiary alicyclic amines) is 2. The molecule has 1 atom stereocenters. The van der Waals surface area contributed by atoms with Crippen molar-refractivity contribution in [1.29, 1.82) is 0 Å². The van der Waals surface area contributed by atoms with Crippen molar-refractivity contribution in [3.63, 3.8) is 0 Å². The summed E-state index contributed by atoms with van der Waals surface area (Å²) in [6.07, 6.45) is 9.22. The van der Waals surface area contributed by atoms with Gasteiger partial charge in [0.25, 0.3) is 5.91 Å². The van der Waals surface area contributed by atoms with Crippen LogP contribution in [-0.2, 0) is 4.74 Å². The molecule has 1 aromatic heterocycles. The number of nitrogens with zero attached hydrogens (tertiary/aromatic N) is 2. The molecule has 2 aliphatic heterocycles. The summed E-state index contributed by atoms with van der Waals surface area (Å²) in [5.41, 5.74) is 1.04. The fourth-order valence-corrected chi connectivity index (χ4v) is 4.33. The van der Waals surface area contributed by atoms with Crippen molar-refractivity contribution in [2.75, 3.05) is 39.9 Å². The molecule has 3 fully saturated rings. The van der Waals surface area contributed by atoms with E-state index < -0.39 is 0 Å². The average Bonchev–Trinajstić information content (AvgIpc) is 3.14. The zero-order chi connectivity index (χ0) is 16.6. The van der Waals surface area contributed by atoms with Crippen LogP contribution in [0.2, 0.25) is 0 Å². The standard InChI is InChI=1S/C19H28N2O3/c1-20-14-19(10-17(20)13-24-11-15-2-3-15)5-7-21(8-6-19)18(22)16-4-9-23-12-16/h4,9,12,15,17H,2-3,5-8,10-11,13-14H2,1H3/t17-/m1/s1. The number of likely N-dealkylation sites (N-methyl/N-ethyl adjacent to an activating group) is 1. The Morgan fingerprint density at radius 2 is 2.12 bits per heavy atom. The molecule has 2 saturated heterocycles. The van der Waals surface area contributed by atoms with Gasteiger partial charge in [0.2, 0.25) is 0 Å². The van der Waals surface area contributed by atoms with E-state index in [-0.39, 0.29) is 5.91 Å². The molecule has 24 heavy (non-hydrogen) atoms. The highest BCUT2D eigenvalue weighted by Gasteiger charge is 2.44. The molecule has 1 spiro atoms. The SMILES string of the molecule is CN1CC2(CCN(C(=O)c3ccoc3)CC2)C[C@@H]1COCC1CC1. The van der Waals surface area contributed by atoms with Crippen molar-refractivity contribution in [2.45, 2.75) is 38.1 Å². The van der Waals surface area contributed by atoms with Crippen LogP contribution in [0, 0.1) is 11.3 Å². The van der Waals surface area contributed by atoms with E-state index in [0.29, 0.717) is 17.0 Å². The number of hydrogen-bond donors (Lipinski definition) is 0. The van der Waals surface area contributed by atoms with E-state index in [2.05, 4.69) is 11.9 Å². The summed E-state index contributed by atoms with van der Waals surface area (Å²) in [6.45, 7) is 4.66. The quantitative estimate of drug-likeness (QED) is 0.831. The first-order valence-electron chi connectivity index (χ1n) is 9.25. The van der Waals surface area contributed by atoms with Gasteiger partial charge in [0, 0.05) is 32.3 Å². The molecular weight excluding hydrogens is 304 g/mol. The first kappa shape index (κ1) is 16.2. The zero-order valence-electron chi connectivity index (χ0n) is 14.6. The average molecular weight is 332 g/mol. The smallest absolute Gasteiger partial charge is 0.257 e. The number of ether oxygens (including phenoxy) is 1. The van der Waals surface area contributed by atoms with Gasteiger partial charge in [-0.15, -0.1) is 0 Å². The Labute approximate surface area is 143 Å². The van der Waals surface area contributed by atoms with Gasteiger partial charge >= 0.3 is 0 Å². The van der Waals surface area contributed by atoms with Crippen LogP contribution in [0.15, 0.2) is 23.0 Å². The number of amides is 1. The van der Waals surface area contributed by atoms with Gasteiger partial charge in [-0.3, -0.25) is 4.79 Å². The lowest BCUT2D eigenvalue weighted by Gasteiger charge is -2.39. The molecule has 1 aromatic rings. The fraction of sp³-hybridized carbons (Fsp3) is 0.737. The molecule has 1 aliphatic carbocycles. The molecule has 3 aliphatic rings. The number of piperidine rings is 1. The van der Waals surface area contributed by atoms with Crippen molar-refractivity contribution in [3.8, 4) is 0 Å². The molecule has 0 unspecified atom stereocenters. The number of rotatable bonds is 5. The predicted molar refractivity (Wildman–Crippen MR) is 90.9 cm³/mol. The zero-order valence-corrected chi connectivity index (χ0v) is 14.6. The molecule has 0 bridgehead atoms. The van der Waals surface area contributed by atoms with E-state index in [9.17, 15) is 4.79 Å². The Hall–Kier alpha value is -1.33. The van der Waals surface area contributed by atoms with Crippen molar-refractivity contribution < 1.29 is 13.9 Å². The fourth-order valence-electron chi connectivity index (χ4n) is 4.33. The maximum atomic E-state index is 12.4. The second-order valence-electron chi connectivity index (χ2n) is 8.06. The number of furan rings is 1. The highest BCUT2D eigenvalue weighted by molar-refractivity contribution is 5.93. The highest BCUT2D eigenvalue weighted by Crippen LogP contribution is 2.43. The van der Waals surface area contributed by atoms with Gasteiger partial charge in [-0.2, -0.15) is 0 Å². The second kappa shape index (κ2) is 6.52. The highest BCUT2D eigenvalue weighted by atomic mass is 16.5. The van der Waals surface area contributed by atoms with Crippen LogP contribution in [0.4, 0.5) is 0 Å². The van der Waals surface area contributed by atoms with Gasteiger partial charge in [-0.1, -0.05) is 0 Å². The van der Waals surface area contributed by atoms with E-state index in [0.717, 1.165) is 51.6 Å². The van der Waals surface area contributed by atoms with E-state index in [1.165, 1.54) is 19.3 Å². The summed E-state index contributed by atoms with van der Waals surface area (Å²) < 4.78 is 11.0. The Kier molecular flexibility index (Phi) is 4.39. The summed E-state index contributed by atoms with van der Waals surface area (Å²) in [5, 5.41) is 0. The van der Waals surface area contributed by atoms with Crippen LogP contribution in [0.5, 0.6) is 0 Å². The van der Waals surface area contributed by atoms with E-state index in [4.69, 9.17) is 9.15 Å². The van der Waals surface area contributed by atoms with Crippen molar-refractivity contribution in [3.05, 3.63) is 24.2 Å². The molecule has 1 saturated carbocycles. The molecule has 5 heteroatoms. The molecule has 0 N–H and O–H groups in total. The third-order valence-corrected chi connectivity index (χ3v) is 6.12. The summed E-state index contributed by atoms with van der Waals surface area (Å²) >= 11 is 0. The summed E-state index contributed by atoms with van der Waals surface area (Å²) in [4.78, 5) is 16.9. The van der Waals surface area contributed by atoms with Crippen LogP contribution in [0.25, 0.3) is 0 Å². The maximum absolute atomic E-state index is 12.4. The summed E-state index contributed by atoms with van der Waals surface area (Å²) in [6, 6.07) is 2.29. The van der Waals surface area contributed by atoms with Crippen LogP contribution in [0.1, 0.15) is 42.5 Å². The topological polar surface area (TPSA) is 45.9 Å². The van der Waals surface area contributed by atoms with E-state index in [1.807, 2.05) is 4.90 Å². The third kappa shape index (κ3) is 3.38. The summed E-state index contributed by atoms with van der Waals surface area (Å²) in [5.74, 6) is 0.942. The molecule has 3 heterocycles. The second-order valence-corrected chi connectivity index (χ2v) is 8.06. The Morgan fingerprint density at radius 3 is 2.79 bits per heavy atom. The monoisotopic (exact) mass is 332 g/mol. The van der Waals surface area contributed by atoms with Crippen LogP contribution in [-0.4, -0.2) is 61.6 Å². The van der Waals surface area contributed by atoms with E-state index >= 15 is 0 Å². The molecule has 132 valence electrons. The van der Waals surface area contributed by atoms with Crippen molar-refractivity contribution >= 4 is 5.91 Å². The lowest BCUT2D eigenvalue weighted by molar-refractivity contribution is 0.0587. The predicted octanol–water partition coefficient (Wildman–Crippen LogP) is 2.63. The van der Waals surface area contributed by atoms with Gasteiger partial charge in [-0.05, 0) is 56.6 Å². The van der Waals surface area contributed by atoms with E-state index in [1.54, 1.807) is 18.6 Å². The number of hydrogen-bond acceptors (Lipinski definition) is 4. The molecule has 0 aromatic carbocycles. The Balaban J connectivity index is 1.29. The Morgan fingerprint density at radius 1 is 1.33 bits per heavy atom. The summed E-state index contributed by atoms with van der Waals surface area (Å²) in [7, 11) is 2.23. The van der Waals surface area contributed by atoms with Gasteiger partial charge < -0.3 is 19.0 Å². The number of carbonyl (C=O) groups excluding carboxylic acids is 1. The van der Waals surface area contributed by atoms with Crippen LogP contribution in [0.3, 0.4) is 0 Å². The molecular formula is C19H28N2O3. The van der Waals surface area contributed by atoms with Crippen LogP contribution < -0.4 is 0 Å². The first-order valence-corrected chi connectivity index (χ1v) is 9.25. The van der Waals surface area contributed by atoms with Gasteiger partial charge in [0.1, 0.15) is 6.26 Å². The van der Waals surface area contributed by atoms with Gasteiger partial charge in [-0.25, -0.2) is 0 Å². The van der Waals surface area contributed by atoms with Crippen molar-refractivity contribution in [1.82, 2.24) is 9.80 Å².